The number of rotatable bonds is 7. The SMILES string of the molecule is Cl.O=C(CN1CCC(C(=O)O)CC1)Nc1ccc(OCc2ccccc2)cc1. The van der Waals surface area contributed by atoms with Gasteiger partial charge in [0, 0.05) is 5.69 Å². The van der Waals surface area contributed by atoms with Crippen LogP contribution in [0.4, 0.5) is 5.69 Å². The van der Waals surface area contributed by atoms with Gasteiger partial charge in [0.25, 0.3) is 0 Å². The molecule has 3 rings (SSSR count). The number of benzene rings is 2. The van der Waals surface area contributed by atoms with Crippen molar-refractivity contribution in [3.63, 3.8) is 0 Å². The first-order valence-corrected chi connectivity index (χ1v) is 9.12. The number of carboxylic acid groups (broad SMARTS) is 1. The first kappa shape index (κ1) is 21.7. The quantitative estimate of drug-likeness (QED) is 0.739. The van der Waals surface area contributed by atoms with Crippen LogP contribution in [0.5, 0.6) is 5.75 Å². The number of carbonyl (C=O) groups excluding carboxylic acids is 1. The molecule has 0 aromatic heterocycles. The Bertz CT molecular complexity index is 760. The van der Waals surface area contributed by atoms with Gasteiger partial charge in [-0.05, 0) is 55.8 Å². The third kappa shape index (κ3) is 6.55. The number of carboxylic acids is 1. The summed E-state index contributed by atoms with van der Waals surface area (Å²) in [7, 11) is 0. The number of anilines is 1. The minimum Gasteiger partial charge on any atom is -0.489 e. The number of piperidine rings is 1. The van der Waals surface area contributed by atoms with E-state index >= 15 is 0 Å². The number of nitrogens with one attached hydrogen (secondary N) is 1. The Kier molecular flexibility index (Phi) is 8.29. The van der Waals surface area contributed by atoms with Gasteiger partial charge in [0.15, 0.2) is 0 Å². The van der Waals surface area contributed by atoms with E-state index in [4.69, 9.17) is 9.84 Å². The molecular weight excluding hydrogens is 380 g/mol. The summed E-state index contributed by atoms with van der Waals surface area (Å²) in [5.74, 6) is -0.379. The molecule has 2 N–H and O–H groups in total. The summed E-state index contributed by atoms with van der Waals surface area (Å²) in [5.41, 5.74) is 1.81. The summed E-state index contributed by atoms with van der Waals surface area (Å²) in [6, 6.07) is 17.2. The average Bonchev–Trinajstić information content (AvgIpc) is 2.68. The van der Waals surface area contributed by atoms with Crippen LogP contribution in [0.2, 0.25) is 0 Å². The van der Waals surface area contributed by atoms with E-state index in [9.17, 15) is 9.59 Å². The number of hydrogen-bond donors (Lipinski definition) is 2. The molecule has 7 heteroatoms. The highest BCUT2D eigenvalue weighted by Gasteiger charge is 2.25. The molecule has 1 saturated heterocycles. The lowest BCUT2D eigenvalue weighted by Crippen LogP contribution is -2.40. The molecule has 1 heterocycles. The van der Waals surface area contributed by atoms with Crippen LogP contribution in [-0.4, -0.2) is 41.5 Å². The van der Waals surface area contributed by atoms with E-state index < -0.39 is 5.97 Å². The second kappa shape index (κ2) is 10.7. The number of carbonyl (C=O) groups is 2. The van der Waals surface area contributed by atoms with Gasteiger partial charge in [0.1, 0.15) is 12.4 Å². The van der Waals surface area contributed by atoms with E-state index in [-0.39, 0.29) is 30.8 Å². The number of likely N-dealkylation sites (tertiary alicyclic amines) is 1. The normalized spacial score (nSPS) is 14.7. The third-order valence-corrected chi connectivity index (χ3v) is 4.69. The molecule has 150 valence electrons. The Labute approximate surface area is 170 Å². The fourth-order valence-electron chi connectivity index (χ4n) is 3.12. The Morgan fingerprint density at radius 3 is 2.29 bits per heavy atom. The zero-order valence-corrected chi connectivity index (χ0v) is 16.4. The van der Waals surface area contributed by atoms with Crippen molar-refractivity contribution < 1.29 is 19.4 Å². The molecule has 1 amide bonds. The van der Waals surface area contributed by atoms with E-state index in [1.165, 1.54) is 0 Å². The van der Waals surface area contributed by atoms with Crippen molar-refractivity contribution >= 4 is 30.0 Å². The maximum absolute atomic E-state index is 12.2. The standard InChI is InChI=1S/C21H24N2O4.ClH/c24-20(14-23-12-10-17(11-13-23)21(25)26)22-18-6-8-19(9-7-18)27-15-16-4-2-1-3-5-16;/h1-9,17H,10-15H2,(H,22,24)(H,25,26);1H. The Morgan fingerprint density at radius 2 is 1.68 bits per heavy atom. The summed E-state index contributed by atoms with van der Waals surface area (Å²) in [6.45, 7) is 2.05. The molecule has 1 fully saturated rings. The van der Waals surface area contributed by atoms with E-state index in [0.29, 0.717) is 38.2 Å². The van der Waals surface area contributed by atoms with Gasteiger partial charge in [-0.3, -0.25) is 14.5 Å². The van der Waals surface area contributed by atoms with E-state index in [2.05, 4.69) is 5.32 Å². The first-order valence-electron chi connectivity index (χ1n) is 9.12. The van der Waals surface area contributed by atoms with Crippen molar-refractivity contribution in [2.75, 3.05) is 25.0 Å². The Morgan fingerprint density at radius 1 is 1.04 bits per heavy atom. The second-order valence-electron chi connectivity index (χ2n) is 6.74. The lowest BCUT2D eigenvalue weighted by Gasteiger charge is -2.29. The van der Waals surface area contributed by atoms with Crippen LogP contribution in [0.3, 0.4) is 0 Å². The molecule has 0 atom stereocenters. The van der Waals surface area contributed by atoms with Gasteiger partial charge in [0.2, 0.25) is 5.91 Å². The van der Waals surface area contributed by atoms with Crippen LogP contribution >= 0.6 is 12.4 Å². The summed E-state index contributed by atoms with van der Waals surface area (Å²) in [6.07, 6.45) is 1.19. The highest BCUT2D eigenvalue weighted by Crippen LogP contribution is 2.19. The van der Waals surface area contributed by atoms with Crippen LogP contribution < -0.4 is 10.1 Å². The van der Waals surface area contributed by atoms with Crippen molar-refractivity contribution in [1.82, 2.24) is 4.90 Å². The lowest BCUT2D eigenvalue weighted by molar-refractivity contribution is -0.143. The molecule has 0 saturated carbocycles. The van der Waals surface area contributed by atoms with Crippen molar-refractivity contribution in [2.45, 2.75) is 19.4 Å². The van der Waals surface area contributed by atoms with Crippen LogP contribution in [0.15, 0.2) is 54.6 Å². The van der Waals surface area contributed by atoms with Crippen molar-refractivity contribution in [2.24, 2.45) is 5.92 Å². The maximum Gasteiger partial charge on any atom is 0.306 e. The van der Waals surface area contributed by atoms with Gasteiger partial charge < -0.3 is 15.2 Å². The van der Waals surface area contributed by atoms with Gasteiger partial charge in [-0.15, -0.1) is 12.4 Å². The van der Waals surface area contributed by atoms with Crippen LogP contribution in [0, 0.1) is 5.92 Å². The second-order valence-corrected chi connectivity index (χ2v) is 6.74. The van der Waals surface area contributed by atoms with Gasteiger partial charge >= 0.3 is 5.97 Å². The summed E-state index contributed by atoms with van der Waals surface area (Å²) in [4.78, 5) is 25.2. The number of aliphatic carboxylic acids is 1. The van der Waals surface area contributed by atoms with Crippen LogP contribution in [0.1, 0.15) is 18.4 Å². The Balaban J connectivity index is 0.00000280. The topological polar surface area (TPSA) is 78.9 Å². The average molecular weight is 405 g/mol. The maximum atomic E-state index is 12.2. The molecule has 1 aliphatic heterocycles. The van der Waals surface area contributed by atoms with Gasteiger partial charge in [-0.25, -0.2) is 0 Å². The zero-order chi connectivity index (χ0) is 19.1. The highest BCUT2D eigenvalue weighted by atomic mass is 35.5. The molecule has 0 spiro atoms. The Hall–Kier alpha value is -2.57. The zero-order valence-electron chi connectivity index (χ0n) is 15.5. The van der Waals surface area contributed by atoms with E-state index in [1.807, 2.05) is 59.5 Å². The van der Waals surface area contributed by atoms with Crippen molar-refractivity contribution in [3.8, 4) is 5.75 Å². The minimum absolute atomic E-state index is 0. The third-order valence-electron chi connectivity index (χ3n) is 4.69. The van der Waals surface area contributed by atoms with Crippen LogP contribution in [0.25, 0.3) is 0 Å². The predicted molar refractivity (Wildman–Crippen MR) is 110 cm³/mol. The number of ether oxygens (including phenoxy) is 1. The van der Waals surface area contributed by atoms with Crippen molar-refractivity contribution in [3.05, 3.63) is 60.2 Å². The molecule has 28 heavy (non-hydrogen) atoms. The molecule has 2 aromatic carbocycles. The first-order chi connectivity index (χ1) is 13.1. The fourth-order valence-corrected chi connectivity index (χ4v) is 3.12. The molecule has 0 unspecified atom stereocenters. The number of hydrogen-bond acceptors (Lipinski definition) is 4. The lowest BCUT2D eigenvalue weighted by atomic mass is 9.97. The number of amides is 1. The van der Waals surface area contributed by atoms with Gasteiger partial charge in [-0.1, -0.05) is 30.3 Å². The van der Waals surface area contributed by atoms with E-state index in [1.54, 1.807) is 0 Å². The summed E-state index contributed by atoms with van der Waals surface area (Å²) < 4.78 is 5.73. The molecule has 1 aliphatic rings. The molecule has 0 aliphatic carbocycles. The number of nitrogens with zero attached hydrogens (tertiary/aromatic N) is 1. The fraction of sp³-hybridized carbons (Fsp3) is 0.333. The number of halogens is 1. The minimum atomic E-state index is -0.742. The van der Waals surface area contributed by atoms with Gasteiger partial charge in [0.05, 0.1) is 12.5 Å². The largest absolute Gasteiger partial charge is 0.489 e. The van der Waals surface area contributed by atoms with Gasteiger partial charge in [-0.2, -0.15) is 0 Å². The predicted octanol–water partition coefficient (Wildman–Crippen LogP) is 3.42. The molecule has 6 nitrogen and oxygen atoms in total. The summed E-state index contributed by atoms with van der Waals surface area (Å²) >= 11 is 0. The van der Waals surface area contributed by atoms with Crippen molar-refractivity contribution in [1.29, 1.82) is 0 Å². The molecule has 0 bridgehead atoms. The smallest absolute Gasteiger partial charge is 0.306 e. The monoisotopic (exact) mass is 404 g/mol. The summed E-state index contributed by atoms with van der Waals surface area (Å²) in [5, 5.41) is 11.9. The highest BCUT2D eigenvalue weighted by molar-refractivity contribution is 5.92. The molecule has 0 radical (unpaired) electrons. The van der Waals surface area contributed by atoms with E-state index in [0.717, 1.165) is 11.3 Å². The molecule has 2 aromatic rings. The molecular formula is C21H25ClN2O4. The van der Waals surface area contributed by atoms with Crippen LogP contribution in [-0.2, 0) is 16.2 Å².